The minimum Gasteiger partial charge on any atom is -0.478 e. The summed E-state index contributed by atoms with van der Waals surface area (Å²) in [5, 5.41) is 11.5. The number of carbonyl (C=O) groups is 2. The van der Waals surface area contributed by atoms with E-state index in [2.05, 4.69) is 10.3 Å². The number of likely N-dealkylation sites (N-methyl/N-ethyl adjacent to an activating group) is 1. The van der Waals surface area contributed by atoms with Crippen LogP contribution in [0.15, 0.2) is 24.4 Å². The summed E-state index contributed by atoms with van der Waals surface area (Å²) in [4.78, 5) is 28.6. The second-order valence-electron chi connectivity index (χ2n) is 4.82. The van der Waals surface area contributed by atoms with Crippen LogP contribution in [0.5, 0.6) is 0 Å². The average Bonchev–Trinajstić information content (AvgIpc) is 2.42. The van der Waals surface area contributed by atoms with Gasteiger partial charge in [-0.3, -0.25) is 4.79 Å². The molecule has 0 aliphatic carbocycles. The van der Waals surface area contributed by atoms with Crippen molar-refractivity contribution < 1.29 is 14.7 Å². The highest BCUT2D eigenvalue weighted by Crippen LogP contribution is 2.18. The molecule has 0 saturated heterocycles. The second kappa shape index (κ2) is 8.04. The van der Waals surface area contributed by atoms with Crippen molar-refractivity contribution in [2.45, 2.75) is 26.8 Å². The number of carboxylic acids is 1. The van der Waals surface area contributed by atoms with E-state index in [0.717, 1.165) is 6.08 Å². The van der Waals surface area contributed by atoms with Gasteiger partial charge in [0.05, 0.1) is 6.54 Å². The quantitative estimate of drug-likeness (QED) is 0.744. The lowest BCUT2D eigenvalue weighted by Crippen LogP contribution is -2.40. The summed E-state index contributed by atoms with van der Waals surface area (Å²) in [5.74, 6) is -0.521. The Balaban J connectivity index is 2.95. The Kier molecular flexibility index (Phi) is 6.39. The molecule has 0 radical (unpaired) electrons. The summed E-state index contributed by atoms with van der Waals surface area (Å²) in [6, 6.07) is 3.57. The van der Waals surface area contributed by atoms with Crippen LogP contribution in [0.3, 0.4) is 0 Å². The Morgan fingerprint density at radius 2 is 2.19 bits per heavy atom. The van der Waals surface area contributed by atoms with Gasteiger partial charge in [-0.1, -0.05) is 0 Å². The van der Waals surface area contributed by atoms with Crippen molar-refractivity contribution in [2.24, 2.45) is 0 Å². The number of nitrogens with zero attached hydrogens (tertiary/aromatic N) is 2. The number of rotatable bonds is 7. The number of nitrogens with one attached hydrogen (secondary N) is 1. The van der Waals surface area contributed by atoms with Crippen LogP contribution in [0.1, 0.15) is 26.3 Å². The van der Waals surface area contributed by atoms with Gasteiger partial charge in [-0.05, 0) is 39.0 Å². The van der Waals surface area contributed by atoms with Gasteiger partial charge in [0, 0.05) is 30.4 Å². The van der Waals surface area contributed by atoms with Crippen LogP contribution in [0, 0.1) is 0 Å². The third-order valence-electron chi connectivity index (χ3n) is 2.69. The minimum atomic E-state index is -1.02. The summed E-state index contributed by atoms with van der Waals surface area (Å²) in [7, 11) is 0. The normalized spacial score (nSPS) is 10.9. The molecular weight excluding hydrogens is 270 g/mol. The average molecular weight is 291 g/mol. The number of amides is 1. The van der Waals surface area contributed by atoms with Gasteiger partial charge < -0.3 is 15.3 Å². The summed E-state index contributed by atoms with van der Waals surface area (Å²) in [6.45, 7) is 6.49. The first-order valence-corrected chi connectivity index (χ1v) is 6.84. The number of aromatic nitrogens is 1. The molecule has 0 spiro atoms. The van der Waals surface area contributed by atoms with E-state index in [-0.39, 0.29) is 18.5 Å². The van der Waals surface area contributed by atoms with E-state index < -0.39 is 5.97 Å². The van der Waals surface area contributed by atoms with Crippen LogP contribution in [0.25, 0.3) is 6.08 Å². The molecule has 6 heteroatoms. The molecule has 1 aromatic heterocycles. The lowest BCUT2D eigenvalue weighted by molar-refractivity contribution is -0.131. The highest BCUT2D eigenvalue weighted by molar-refractivity contribution is 5.87. The highest BCUT2D eigenvalue weighted by Gasteiger charge is 2.14. The molecule has 0 unspecified atom stereocenters. The maximum absolute atomic E-state index is 11.9. The lowest BCUT2D eigenvalue weighted by Gasteiger charge is -2.23. The molecule has 114 valence electrons. The van der Waals surface area contributed by atoms with E-state index in [4.69, 9.17) is 5.11 Å². The molecule has 6 nitrogen and oxygen atoms in total. The van der Waals surface area contributed by atoms with E-state index in [0.29, 0.717) is 17.9 Å². The van der Waals surface area contributed by atoms with E-state index in [9.17, 15) is 9.59 Å². The molecule has 0 bridgehead atoms. The Bertz CT molecular complexity index is 527. The van der Waals surface area contributed by atoms with E-state index >= 15 is 0 Å². The third kappa shape index (κ3) is 5.64. The number of hydrogen-bond acceptors (Lipinski definition) is 4. The van der Waals surface area contributed by atoms with E-state index in [1.807, 2.05) is 20.8 Å². The molecule has 1 amide bonds. The van der Waals surface area contributed by atoms with Gasteiger partial charge in [0.25, 0.3) is 0 Å². The van der Waals surface area contributed by atoms with Crippen molar-refractivity contribution in [3.8, 4) is 0 Å². The number of carbonyl (C=O) groups excluding carboxylic acids is 1. The van der Waals surface area contributed by atoms with Gasteiger partial charge in [-0.15, -0.1) is 0 Å². The molecule has 2 N–H and O–H groups in total. The fourth-order valence-corrected chi connectivity index (χ4v) is 1.84. The van der Waals surface area contributed by atoms with Gasteiger partial charge in [-0.2, -0.15) is 0 Å². The maximum Gasteiger partial charge on any atom is 0.328 e. The summed E-state index contributed by atoms with van der Waals surface area (Å²) in [6.07, 6.45) is 4.16. The maximum atomic E-state index is 11.9. The van der Waals surface area contributed by atoms with Gasteiger partial charge >= 0.3 is 5.97 Å². The van der Waals surface area contributed by atoms with Crippen molar-refractivity contribution >= 4 is 23.8 Å². The molecular formula is C15H21N3O3. The molecule has 0 atom stereocenters. The number of aliphatic carboxylic acids is 1. The van der Waals surface area contributed by atoms with E-state index in [1.54, 1.807) is 23.2 Å². The summed E-state index contributed by atoms with van der Waals surface area (Å²) < 4.78 is 0. The van der Waals surface area contributed by atoms with Gasteiger partial charge in [0.2, 0.25) is 5.91 Å². The summed E-state index contributed by atoms with van der Waals surface area (Å²) >= 11 is 0. The molecule has 0 aromatic carbocycles. The fraction of sp³-hybridized carbons (Fsp3) is 0.400. The SMILES string of the molecule is CCN(CC(=O)NC(C)C)c1ncccc1/C=C/C(=O)O. The number of pyridine rings is 1. The standard InChI is InChI=1S/C15H21N3O3/c1-4-18(10-13(19)17-11(2)3)15-12(6-5-9-16-15)7-8-14(20)21/h5-9,11H,4,10H2,1-3H3,(H,17,19)(H,20,21)/b8-7+. The Morgan fingerprint density at radius 1 is 1.48 bits per heavy atom. The zero-order valence-corrected chi connectivity index (χ0v) is 12.5. The minimum absolute atomic E-state index is 0.0753. The Labute approximate surface area is 124 Å². The van der Waals surface area contributed by atoms with E-state index in [1.165, 1.54) is 6.08 Å². The molecule has 21 heavy (non-hydrogen) atoms. The first kappa shape index (κ1) is 16.7. The van der Waals surface area contributed by atoms with Crippen molar-refractivity contribution in [3.63, 3.8) is 0 Å². The molecule has 0 aliphatic heterocycles. The predicted octanol–water partition coefficient (Wildman–Crippen LogP) is 1.53. The van der Waals surface area contributed by atoms with Crippen LogP contribution < -0.4 is 10.2 Å². The first-order valence-electron chi connectivity index (χ1n) is 6.84. The van der Waals surface area contributed by atoms with Crippen LogP contribution in [0.4, 0.5) is 5.82 Å². The largest absolute Gasteiger partial charge is 0.478 e. The topological polar surface area (TPSA) is 82.5 Å². The Hall–Kier alpha value is -2.37. The van der Waals surface area contributed by atoms with Crippen molar-refractivity contribution in [1.29, 1.82) is 0 Å². The van der Waals surface area contributed by atoms with Crippen molar-refractivity contribution in [2.75, 3.05) is 18.0 Å². The van der Waals surface area contributed by atoms with Gasteiger partial charge in [0.1, 0.15) is 5.82 Å². The zero-order valence-electron chi connectivity index (χ0n) is 12.5. The van der Waals surface area contributed by atoms with Gasteiger partial charge in [-0.25, -0.2) is 9.78 Å². The van der Waals surface area contributed by atoms with Crippen LogP contribution >= 0.6 is 0 Å². The van der Waals surface area contributed by atoms with Crippen molar-refractivity contribution in [1.82, 2.24) is 10.3 Å². The molecule has 0 fully saturated rings. The monoisotopic (exact) mass is 291 g/mol. The first-order chi connectivity index (χ1) is 9.93. The van der Waals surface area contributed by atoms with Crippen LogP contribution in [-0.2, 0) is 9.59 Å². The van der Waals surface area contributed by atoms with Gasteiger partial charge in [0.15, 0.2) is 0 Å². The fourth-order valence-electron chi connectivity index (χ4n) is 1.84. The molecule has 1 heterocycles. The zero-order chi connectivity index (χ0) is 15.8. The molecule has 0 aliphatic rings. The third-order valence-corrected chi connectivity index (χ3v) is 2.69. The number of anilines is 1. The van der Waals surface area contributed by atoms with Crippen molar-refractivity contribution in [3.05, 3.63) is 30.0 Å². The lowest BCUT2D eigenvalue weighted by atomic mass is 10.2. The molecule has 0 saturated carbocycles. The smallest absolute Gasteiger partial charge is 0.328 e. The summed E-state index contributed by atoms with van der Waals surface area (Å²) in [5.41, 5.74) is 0.666. The Morgan fingerprint density at radius 3 is 2.76 bits per heavy atom. The van der Waals surface area contributed by atoms with Crippen LogP contribution in [-0.4, -0.2) is 41.1 Å². The predicted molar refractivity (Wildman–Crippen MR) is 82.1 cm³/mol. The second-order valence-corrected chi connectivity index (χ2v) is 4.82. The highest BCUT2D eigenvalue weighted by atomic mass is 16.4. The molecule has 1 aromatic rings. The molecule has 1 rings (SSSR count). The number of hydrogen-bond donors (Lipinski definition) is 2. The number of carboxylic acid groups (broad SMARTS) is 1. The van der Waals surface area contributed by atoms with Crippen LogP contribution in [0.2, 0.25) is 0 Å².